The molecule has 3 heterocycles. The number of carbonyl (C=O) groups excluding carboxylic acids is 1. The minimum Gasteiger partial charge on any atom is -0.334 e. The Morgan fingerprint density at radius 1 is 1.04 bits per heavy atom. The molecule has 25 heavy (non-hydrogen) atoms. The third kappa shape index (κ3) is 3.17. The molecule has 0 unspecified atom stereocenters. The minimum atomic E-state index is 0.190. The van der Waals surface area contributed by atoms with Gasteiger partial charge >= 0.3 is 0 Å². The zero-order chi connectivity index (χ0) is 17.4. The van der Waals surface area contributed by atoms with E-state index in [1.165, 1.54) is 18.6 Å². The number of nitrogens with zero attached hydrogens (tertiary/aromatic N) is 4. The van der Waals surface area contributed by atoms with Crippen molar-refractivity contribution in [3.63, 3.8) is 0 Å². The number of carbonyl (C=O) groups is 1. The van der Waals surface area contributed by atoms with Crippen LogP contribution in [-0.4, -0.2) is 60.2 Å². The Balaban J connectivity index is 1.48. The lowest BCUT2D eigenvalue weighted by Gasteiger charge is -2.33. The van der Waals surface area contributed by atoms with Crippen molar-refractivity contribution >= 4 is 17.3 Å². The van der Waals surface area contributed by atoms with E-state index in [2.05, 4.69) is 28.9 Å². The van der Waals surface area contributed by atoms with E-state index in [1.807, 2.05) is 29.3 Å². The fraction of sp³-hybridized carbons (Fsp3) is 0.600. The Hall–Kier alpha value is -1.88. The van der Waals surface area contributed by atoms with Crippen molar-refractivity contribution < 1.29 is 4.79 Å². The van der Waals surface area contributed by atoms with E-state index in [-0.39, 0.29) is 5.91 Å². The molecule has 0 saturated carbocycles. The van der Waals surface area contributed by atoms with E-state index >= 15 is 0 Å². The monoisotopic (exact) mass is 340 g/mol. The Bertz CT molecular complexity index is 669. The van der Waals surface area contributed by atoms with Crippen molar-refractivity contribution in [1.29, 1.82) is 0 Å². The number of likely N-dealkylation sites (N-methyl/N-ethyl adjacent to an activating group) is 1. The summed E-state index contributed by atoms with van der Waals surface area (Å²) < 4.78 is 0. The first-order chi connectivity index (χ1) is 12.1. The van der Waals surface area contributed by atoms with Crippen molar-refractivity contribution in [2.45, 2.75) is 51.1 Å². The van der Waals surface area contributed by atoms with Crippen molar-refractivity contribution in [3.8, 4) is 0 Å². The van der Waals surface area contributed by atoms with Crippen LogP contribution in [0.25, 0.3) is 0 Å². The maximum atomic E-state index is 13.1. The molecular formula is C20H28N4O. The largest absolute Gasteiger partial charge is 0.334 e. The number of hydrogen-bond donors (Lipinski definition) is 0. The molecule has 3 aliphatic heterocycles. The number of benzene rings is 1. The van der Waals surface area contributed by atoms with E-state index in [1.54, 1.807) is 0 Å². The van der Waals surface area contributed by atoms with Crippen LogP contribution >= 0.6 is 0 Å². The van der Waals surface area contributed by atoms with Crippen LogP contribution in [0.2, 0.25) is 0 Å². The van der Waals surface area contributed by atoms with Gasteiger partial charge in [0.1, 0.15) is 0 Å². The quantitative estimate of drug-likeness (QED) is 0.849. The maximum Gasteiger partial charge on any atom is 0.254 e. The summed E-state index contributed by atoms with van der Waals surface area (Å²) in [5, 5.41) is 6.56. The smallest absolute Gasteiger partial charge is 0.254 e. The number of likely N-dealkylation sites (tertiary alicyclic amines) is 2. The predicted molar refractivity (Wildman–Crippen MR) is 101 cm³/mol. The second-order valence-electron chi connectivity index (χ2n) is 7.65. The molecule has 2 saturated heterocycles. The third-order valence-corrected chi connectivity index (χ3v) is 5.97. The minimum absolute atomic E-state index is 0.190. The predicted octanol–water partition coefficient (Wildman–Crippen LogP) is 2.97. The van der Waals surface area contributed by atoms with Crippen molar-refractivity contribution in [3.05, 3.63) is 29.8 Å². The Kier molecular flexibility index (Phi) is 4.50. The molecule has 1 aromatic carbocycles. The first-order valence-electron chi connectivity index (χ1n) is 9.56. The fourth-order valence-electron chi connectivity index (χ4n) is 4.57. The van der Waals surface area contributed by atoms with Gasteiger partial charge < -0.3 is 9.80 Å². The average molecular weight is 340 g/mol. The van der Waals surface area contributed by atoms with Gasteiger partial charge in [0, 0.05) is 42.9 Å². The third-order valence-electron chi connectivity index (χ3n) is 5.97. The molecule has 4 rings (SSSR count). The maximum absolute atomic E-state index is 13.1. The summed E-state index contributed by atoms with van der Waals surface area (Å²) in [7, 11) is 2.20. The summed E-state index contributed by atoms with van der Waals surface area (Å²) in [6.07, 6.45) is 5.76. The fourth-order valence-corrected chi connectivity index (χ4v) is 4.57. The van der Waals surface area contributed by atoms with E-state index in [0.29, 0.717) is 12.1 Å². The SMILES string of the molecule is CC1=NN(c2ccc(C(=O)N3CCC[C@@H]3[C@H]3CCCN3C)cc2)CC1. The lowest BCUT2D eigenvalue weighted by molar-refractivity contribution is 0.0664. The molecule has 0 aromatic heterocycles. The van der Waals surface area contributed by atoms with Crippen LogP contribution in [0.4, 0.5) is 5.69 Å². The highest BCUT2D eigenvalue weighted by molar-refractivity contribution is 5.95. The molecule has 2 atom stereocenters. The van der Waals surface area contributed by atoms with Crippen LogP contribution in [0.3, 0.4) is 0 Å². The van der Waals surface area contributed by atoms with Crippen molar-refractivity contribution in [1.82, 2.24) is 9.80 Å². The Morgan fingerprint density at radius 2 is 1.76 bits per heavy atom. The van der Waals surface area contributed by atoms with Gasteiger partial charge in [0.05, 0.1) is 5.69 Å². The van der Waals surface area contributed by atoms with Gasteiger partial charge in [0.15, 0.2) is 0 Å². The molecule has 0 N–H and O–H groups in total. The molecule has 2 fully saturated rings. The summed E-state index contributed by atoms with van der Waals surface area (Å²) in [6, 6.07) is 8.91. The molecule has 0 spiro atoms. The van der Waals surface area contributed by atoms with Crippen molar-refractivity contribution in [2.24, 2.45) is 5.10 Å². The van der Waals surface area contributed by atoms with Gasteiger partial charge in [-0.15, -0.1) is 0 Å². The molecule has 0 bridgehead atoms. The first-order valence-corrected chi connectivity index (χ1v) is 9.56. The zero-order valence-corrected chi connectivity index (χ0v) is 15.3. The number of hydrogen-bond acceptors (Lipinski definition) is 4. The van der Waals surface area contributed by atoms with Gasteiger partial charge in [-0.2, -0.15) is 5.10 Å². The summed E-state index contributed by atoms with van der Waals surface area (Å²) in [6.45, 7) is 5.05. The highest BCUT2D eigenvalue weighted by Gasteiger charge is 2.38. The summed E-state index contributed by atoms with van der Waals surface area (Å²) >= 11 is 0. The van der Waals surface area contributed by atoms with Gasteiger partial charge in [0.2, 0.25) is 0 Å². The van der Waals surface area contributed by atoms with Crippen LogP contribution in [-0.2, 0) is 0 Å². The topological polar surface area (TPSA) is 39.2 Å². The standard InChI is InChI=1S/C20H28N4O/c1-15-11-14-24(21-15)17-9-7-16(8-10-17)20(25)23-13-4-6-19(23)18-5-3-12-22(18)2/h7-10,18-19H,3-6,11-14H2,1-2H3/t18-,19-/m1/s1. The van der Waals surface area contributed by atoms with E-state index in [4.69, 9.17) is 0 Å². The Morgan fingerprint density at radius 3 is 2.40 bits per heavy atom. The van der Waals surface area contributed by atoms with Crippen LogP contribution < -0.4 is 5.01 Å². The second kappa shape index (κ2) is 6.79. The molecule has 0 aliphatic carbocycles. The van der Waals surface area contributed by atoms with Gasteiger partial charge in [-0.3, -0.25) is 9.80 Å². The number of anilines is 1. The Labute approximate surface area is 150 Å². The summed E-state index contributed by atoms with van der Waals surface area (Å²) in [4.78, 5) is 17.6. The average Bonchev–Trinajstić information content (AvgIpc) is 3.35. The van der Waals surface area contributed by atoms with Crippen molar-refractivity contribution in [2.75, 3.05) is 31.7 Å². The summed E-state index contributed by atoms with van der Waals surface area (Å²) in [5.41, 5.74) is 3.04. The number of amides is 1. The van der Waals surface area contributed by atoms with Gasteiger partial charge in [0.25, 0.3) is 5.91 Å². The summed E-state index contributed by atoms with van der Waals surface area (Å²) in [5.74, 6) is 0.190. The van der Waals surface area contributed by atoms with E-state index in [0.717, 1.165) is 50.1 Å². The second-order valence-corrected chi connectivity index (χ2v) is 7.65. The van der Waals surface area contributed by atoms with Gasteiger partial charge in [-0.1, -0.05) is 0 Å². The molecule has 1 aromatic rings. The zero-order valence-electron chi connectivity index (χ0n) is 15.3. The molecular weight excluding hydrogens is 312 g/mol. The normalized spacial score (nSPS) is 27.2. The van der Waals surface area contributed by atoms with Crippen LogP contribution in [0, 0.1) is 0 Å². The molecule has 5 nitrogen and oxygen atoms in total. The van der Waals surface area contributed by atoms with E-state index < -0.39 is 0 Å². The lowest BCUT2D eigenvalue weighted by Crippen LogP contribution is -2.47. The molecule has 1 amide bonds. The first kappa shape index (κ1) is 16.6. The van der Waals surface area contributed by atoms with E-state index in [9.17, 15) is 4.79 Å². The highest BCUT2D eigenvalue weighted by atomic mass is 16.2. The molecule has 0 radical (unpaired) electrons. The van der Waals surface area contributed by atoms with Crippen LogP contribution in [0.1, 0.15) is 49.4 Å². The lowest BCUT2D eigenvalue weighted by atomic mass is 10.0. The van der Waals surface area contributed by atoms with Crippen LogP contribution in [0.5, 0.6) is 0 Å². The molecule has 5 heteroatoms. The van der Waals surface area contributed by atoms with Gasteiger partial charge in [-0.05, 0) is 70.5 Å². The molecule has 134 valence electrons. The highest BCUT2D eigenvalue weighted by Crippen LogP contribution is 2.30. The molecule has 3 aliphatic rings. The number of hydrazone groups is 1. The van der Waals surface area contributed by atoms with Gasteiger partial charge in [-0.25, -0.2) is 0 Å². The van der Waals surface area contributed by atoms with Crippen LogP contribution in [0.15, 0.2) is 29.4 Å². The number of rotatable bonds is 3.